The number of nitrogens with zero attached hydrogens (tertiary/aromatic N) is 4. The summed E-state index contributed by atoms with van der Waals surface area (Å²) in [6.07, 6.45) is 0.761. The monoisotopic (exact) mass is 461 g/mol. The topological polar surface area (TPSA) is 105 Å². The number of ether oxygens (including phenoxy) is 2. The van der Waals surface area contributed by atoms with Gasteiger partial charge in [0.15, 0.2) is 16.7 Å². The Hall–Kier alpha value is -2.59. The minimum atomic E-state index is -0.335. The molecule has 31 heavy (non-hydrogen) atoms. The van der Waals surface area contributed by atoms with Gasteiger partial charge in [0, 0.05) is 36.1 Å². The fourth-order valence-corrected chi connectivity index (χ4v) is 4.79. The van der Waals surface area contributed by atoms with Gasteiger partial charge in [-0.05, 0) is 24.1 Å². The van der Waals surface area contributed by atoms with E-state index in [-0.39, 0.29) is 12.3 Å². The Morgan fingerprint density at radius 3 is 2.68 bits per heavy atom. The number of thiazole rings is 1. The molecule has 8 nitrogen and oxygen atoms in total. The first-order chi connectivity index (χ1) is 14.9. The van der Waals surface area contributed by atoms with Gasteiger partial charge in [-0.1, -0.05) is 25.6 Å². The number of carbonyl (C=O) groups is 1. The predicted octanol–water partition coefficient (Wildman–Crippen LogP) is 3.79. The van der Waals surface area contributed by atoms with Crippen LogP contribution in [-0.4, -0.2) is 39.9 Å². The normalized spacial score (nSPS) is 11.1. The van der Waals surface area contributed by atoms with Crippen molar-refractivity contribution in [3.8, 4) is 22.1 Å². The molecule has 0 aliphatic rings. The van der Waals surface area contributed by atoms with Crippen LogP contribution in [0.4, 0.5) is 0 Å². The maximum atomic E-state index is 11.2. The first kappa shape index (κ1) is 23.1. The largest absolute Gasteiger partial charge is 0.493 e. The van der Waals surface area contributed by atoms with Crippen molar-refractivity contribution in [3.63, 3.8) is 0 Å². The fraction of sp³-hybridized carbons (Fsp3) is 0.429. The quantitative estimate of drug-likeness (QED) is 0.433. The van der Waals surface area contributed by atoms with Gasteiger partial charge in [0.05, 0.1) is 19.9 Å². The molecule has 1 amide bonds. The van der Waals surface area contributed by atoms with E-state index in [2.05, 4.69) is 34.0 Å². The Labute approximate surface area is 190 Å². The van der Waals surface area contributed by atoms with Crippen molar-refractivity contribution in [1.82, 2.24) is 19.7 Å². The van der Waals surface area contributed by atoms with E-state index in [0.717, 1.165) is 33.8 Å². The number of aromatic nitrogens is 4. The molecule has 3 aromatic rings. The van der Waals surface area contributed by atoms with Crippen LogP contribution in [0.2, 0.25) is 0 Å². The van der Waals surface area contributed by atoms with Gasteiger partial charge in [-0.15, -0.1) is 21.5 Å². The van der Waals surface area contributed by atoms with Gasteiger partial charge in [0.25, 0.3) is 0 Å². The summed E-state index contributed by atoms with van der Waals surface area (Å²) in [6.45, 7) is 5.07. The standard InChI is InChI=1S/C21H27N5O3S2/c1-13(2)10-26-19(8-7-18(22)27)24-25-21(26)31-12-15-11-30-20(23-15)14-5-6-16(28-3)17(9-14)29-4/h5-6,9,11,13H,7-8,10,12H2,1-4H3,(H2,22,27). The zero-order chi connectivity index (χ0) is 22.4. The number of hydrogen-bond acceptors (Lipinski definition) is 8. The molecule has 0 radical (unpaired) electrons. The van der Waals surface area contributed by atoms with Crippen LogP contribution in [0.25, 0.3) is 10.6 Å². The summed E-state index contributed by atoms with van der Waals surface area (Å²) in [7, 11) is 3.24. The second-order valence-corrected chi connectivity index (χ2v) is 9.17. The van der Waals surface area contributed by atoms with Crippen LogP contribution in [0.15, 0.2) is 28.7 Å². The molecule has 0 spiro atoms. The summed E-state index contributed by atoms with van der Waals surface area (Å²) in [5, 5.41) is 12.4. The van der Waals surface area contributed by atoms with Crippen LogP contribution >= 0.6 is 23.1 Å². The number of thioether (sulfide) groups is 1. The Kier molecular flexibility index (Phi) is 7.91. The van der Waals surface area contributed by atoms with Crippen molar-refractivity contribution in [2.24, 2.45) is 11.7 Å². The smallest absolute Gasteiger partial charge is 0.217 e. The summed E-state index contributed by atoms with van der Waals surface area (Å²) < 4.78 is 12.8. The summed E-state index contributed by atoms with van der Waals surface area (Å²) in [4.78, 5) is 15.9. The minimum absolute atomic E-state index is 0.266. The van der Waals surface area contributed by atoms with E-state index in [1.54, 1.807) is 37.3 Å². The highest BCUT2D eigenvalue weighted by Crippen LogP contribution is 2.34. The number of methoxy groups -OCH3 is 2. The summed E-state index contributed by atoms with van der Waals surface area (Å²) in [6, 6.07) is 5.78. The van der Waals surface area contributed by atoms with Crippen LogP contribution in [0, 0.1) is 5.92 Å². The number of rotatable bonds is 11. The number of hydrogen-bond donors (Lipinski definition) is 1. The van der Waals surface area contributed by atoms with Crippen molar-refractivity contribution in [1.29, 1.82) is 0 Å². The Balaban J connectivity index is 1.72. The zero-order valence-electron chi connectivity index (χ0n) is 18.1. The predicted molar refractivity (Wildman–Crippen MR) is 123 cm³/mol. The number of benzene rings is 1. The molecule has 2 aromatic heterocycles. The van der Waals surface area contributed by atoms with Crippen LogP contribution in [0.1, 0.15) is 31.8 Å². The number of carbonyl (C=O) groups excluding carboxylic acids is 1. The molecule has 2 heterocycles. The molecular formula is C21H27N5O3S2. The highest BCUT2D eigenvalue weighted by molar-refractivity contribution is 7.98. The zero-order valence-corrected chi connectivity index (χ0v) is 19.8. The van der Waals surface area contributed by atoms with E-state index in [1.807, 2.05) is 18.2 Å². The van der Waals surface area contributed by atoms with Crippen LogP contribution in [-0.2, 0) is 23.5 Å². The van der Waals surface area contributed by atoms with Crippen molar-refractivity contribution in [2.45, 2.75) is 44.1 Å². The van der Waals surface area contributed by atoms with Gasteiger partial charge in [-0.3, -0.25) is 4.79 Å². The average molecular weight is 462 g/mol. The third-order valence-corrected chi connectivity index (χ3v) is 6.41. The van der Waals surface area contributed by atoms with Crippen LogP contribution < -0.4 is 15.2 Å². The Morgan fingerprint density at radius 2 is 2.00 bits per heavy atom. The van der Waals surface area contributed by atoms with E-state index < -0.39 is 0 Å². The Morgan fingerprint density at radius 1 is 1.23 bits per heavy atom. The first-order valence-corrected chi connectivity index (χ1v) is 11.8. The van der Waals surface area contributed by atoms with Gasteiger partial charge < -0.3 is 19.8 Å². The first-order valence-electron chi connectivity index (χ1n) is 9.91. The molecular weight excluding hydrogens is 434 g/mol. The molecule has 10 heteroatoms. The third-order valence-electron chi connectivity index (χ3n) is 4.47. The number of amides is 1. The molecule has 3 rings (SSSR count). The molecule has 0 bridgehead atoms. The highest BCUT2D eigenvalue weighted by atomic mass is 32.2. The SMILES string of the molecule is COc1ccc(-c2nc(CSc3nnc(CCC(N)=O)n3CC(C)C)cs2)cc1OC. The second kappa shape index (κ2) is 10.6. The lowest BCUT2D eigenvalue weighted by Crippen LogP contribution is -2.15. The van der Waals surface area contributed by atoms with E-state index >= 15 is 0 Å². The van der Waals surface area contributed by atoms with Gasteiger partial charge in [0.1, 0.15) is 10.8 Å². The number of nitrogens with two attached hydrogens (primary N) is 1. The molecule has 0 saturated heterocycles. The molecule has 0 aliphatic carbocycles. The van der Waals surface area contributed by atoms with Crippen molar-refractivity contribution >= 4 is 29.0 Å². The van der Waals surface area contributed by atoms with Crippen LogP contribution in [0.5, 0.6) is 11.5 Å². The fourth-order valence-electron chi connectivity index (χ4n) is 3.01. The van der Waals surface area contributed by atoms with Gasteiger partial charge >= 0.3 is 0 Å². The van der Waals surface area contributed by atoms with E-state index in [4.69, 9.17) is 20.2 Å². The molecule has 0 saturated carbocycles. The van der Waals surface area contributed by atoms with E-state index in [1.165, 1.54) is 0 Å². The summed E-state index contributed by atoms with van der Waals surface area (Å²) in [5.74, 6) is 2.93. The second-order valence-electron chi connectivity index (χ2n) is 7.37. The number of primary amides is 1. The summed E-state index contributed by atoms with van der Waals surface area (Å²) >= 11 is 3.18. The molecule has 2 N–H and O–H groups in total. The Bertz CT molecular complexity index is 1030. The molecule has 1 aromatic carbocycles. The maximum absolute atomic E-state index is 11.2. The molecule has 166 valence electrons. The van der Waals surface area contributed by atoms with E-state index in [9.17, 15) is 4.79 Å². The molecule has 0 aliphatic heterocycles. The molecule has 0 fully saturated rings. The van der Waals surface area contributed by atoms with Gasteiger partial charge in [-0.25, -0.2) is 4.98 Å². The molecule has 0 atom stereocenters. The lowest BCUT2D eigenvalue weighted by atomic mass is 10.2. The highest BCUT2D eigenvalue weighted by Gasteiger charge is 2.16. The molecule has 0 unspecified atom stereocenters. The minimum Gasteiger partial charge on any atom is -0.493 e. The van der Waals surface area contributed by atoms with Crippen molar-refractivity contribution in [3.05, 3.63) is 35.1 Å². The maximum Gasteiger partial charge on any atom is 0.217 e. The van der Waals surface area contributed by atoms with Crippen LogP contribution in [0.3, 0.4) is 0 Å². The average Bonchev–Trinajstić information content (AvgIpc) is 3.37. The van der Waals surface area contributed by atoms with Gasteiger partial charge in [-0.2, -0.15) is 0 Å². The lowest BCUT2D eigenvalue weighted by Gasteiger charge is -2.11. The number of aryl methyl sites for hydroxylation is 1. The lowest BCUT2D eigenvalue weighted by molar-refractivity contribution is -0.118. The van der Waals surface area contributed by atoms with Crippen molar-refractivity contribution < 1.29 is 14.3 Å². The third kappa shape index (κ3) is 5.98. The van der Waals surface area contributed by atoms with Gasteiger partial charge in [0.2, 0.25) is 5.91 Å². The van der Waals surface area contributed by atoms with Crippen molar-refractivity contribution in [2.75, 3.05) is 14.2 Å². The van der Waals surface area contributed by atoms with E-state index in [0.29, 0.717) is 29.6 Å². The summed E-state index contributed by atoms with van der Waals surface area (Å²) in [5.41, 5.74) is 7.25.